The summed E-state index contributed by atoms with van der Waals surface area (Å²) >= 11 is 1.83. The van der Waals surface area contributed by atoms with Gasteiger partial charge in [-0.15, -0.1) is 10.2 Å². The van der Waals surface area contributed by atoms with Crippen molar-refractivity contribution in [3.8, 4) is 0 Å². The van der Waals surface area contributed by atoms with Gasteiger partial charge in [-0.1, -0.05) is 19.1 Å². The molecule has 0 amide bonds. The molecule has 62 valence electrons. The minimum absolute atomic E-state index is 0.729. The van der Waals surface area contributed by atoms with Gasteiger partial charge in [0.25, 0.3) is 0 Å². The predicted octanol–water partition coefficient (Wildman–Crippen LogP) is 1.09. The molecule has 4 nitrogen and oxygen atoms in total. The Morgan fingerprint density at radius 3 is 2.91 bits per heavy atom. The second-order valence-electron chi connectivity index (χ2n) is 2.74. The van der Waals surface area contributed by atoms with Crippen LogP contribution in [0.5, 0.6) is 0 Å². The Balaban J connectivity index is 2.14. The lowest BCUT2D eigenvalue weighted by molar-refractivity contribution is 0.750. The number of thioether (sulfide) groups is 1. The van der Waals surface area contributed by atoms with Gasteiger partial charge in [0.05, 0.1) is 5.75 Å². The summed E-state index contributed by atoms with van der Waals surface area (Å²) in [4.78, 5) is 0. The zero-order valence-corrected chi connectivity index (χ0v) is 7.56. The zero-order chi connectivity index (χ0) is 8.10. The highest BCUT2D eigenvalue weighted by Gasteiger charge is 1.99. The number of rotatable bonds is 4. The first kappa shape index (κ1) is 8.52. The molecule has 0 saturated carbocycles. The maximum atomic E-state index is 3.85. The second-order valence-corrected chi connectivity index (χ2v) is 3.77. The Kier molecular flexibility index (Phi) is 3.35. The van der Waals surface area contributed by atoms with Crippen molar-refractivity contribution in [3.63, 3.8) is 0 Å². The minimum atomic E-state index is 0.729. The van der Waals surface area contributed by atoms with Crippen molar-refractivity contribution in [2.75, 3.05) is 5.75 Å². The van der Waals surface area contributed by atoms with Crippen molar-refractivity contribution < 1.29 is 0 Å². The number of aromatic nitrogens is 4. The molecule has 0 unspecified atom stereocenters. The Hall–Kier alpha value is -0.580. The Bertz CT molecular complexity index is 184. The van der Waals surface area contributed by atoms with E-state index >= 15 is 0 Å². The number of aromatic amines is 1. The molecule has 0 radical (unpaired) electrons. The van der Waals surface area contributed by atoms with Gasteiger partial charge in [-0.05, 0) is 11.7 Å². The zero-order valence-electron chi connectivity index (χ0n) is 6.74. The molecular weight excluding hydrogens is 160 g/mol. The normalized spacial score (nSPS) is 10.8. The van der Waals surface area contributed by atoms with E-state index in [0.717, 1.165) is 23.2 Å². The second kappa shape index (κ2) is 4.33. The van der Waals surface area contributed by atoms with E-state index in [4.69, 9.17) is 0 Å². The third-order valence-corrected chi connectivity index (χ3v) is 2.44. The van der Waals surface area contributed by atoms with Crippen molar-refractivity contribution in [1.29, 1.82) is 0 Å². The van der Waals surface area contributed by atoms with Crippen molar-refractivity contribution in [3.05, 3.63) is 5.82 Å². The van der Waals surface area contributed by atoms with Gasteiger partial charge < -0.3 is 0 Å². The lowest BCUT2D eigenvalue weighted by Gasteiger charge is -2.00. The first-order valence-corrected chi connectivity index (χ1v) is 4.74. The molecule has 0 saturated heterocycles. The Labute approximate surface area is 70.2 Å². The van der Waals surface area contributed by atoms with Gasteiger partial charge in [0.2, 0.25) is 0 Å². The van der Waals surface area contributed by atoms with Crippen LogP contribution in [0.25, 0.3) is 0 Å². The first-order chi connectivity index (χ1) is 5.29. The highest BCUT2D eigenvalue weighted by molar-refractivity contribution is 7.98. The molecule has 0 bridgehead atoms. The van der Waals surface area contributed by atoms with E-state index < -0.39 is 0 Å². The summed E-state index contributed by atoms with van der Waals surface area (Å²) in [5.74, 6) is 3.52. The molecule has 1 aromatic rings. The molecule has 1 rings (SSSR count). The highest BCUT2D eigenvalue weighted by Crippen LogP contribution is 2.10. The van der Waals surface area contributed by atoms with Crippen molar-refractivity contribution >= 4 is 11.8 Å². The molecule has 1 aromatic heterocycles. The fourth-order valence-corrected chi connectivity index (χ4v) is 1.52. The number of hydrogen-bond donors (Lipinski definition) is 1. The van der Waals surface area contributed by atoms with Crippen LogP contribution in [0.1, 0.15) is 19.7 Å². The molecule has 5 heteroatoms. The average molecular weight is 172 g/mol. The monoisotopic (exact) mass is 172 g/mol. The fourth-order valence-electron chi connectivity index (χ4n) is 0.630. The van der Waals surface area contributed by atoms with Crippen LogP contribution >= 0.6 is 11.8 Å². The number of tetrazole rings is 1. The van der Waals surface area contributed by atoms with E-state index in [2.05, 4.69) is 34.5 Å². The van der Waals surface area contributed by atoms with Gasteiger partial charge in [-0.25, -0.2) is 0 Å². The van der Waals surface area contributed by atoms with Crippen LogP contribution in [-0.2, 0) is 5.75 Å². The van der Waals surface area contributed by atoms with Gasteiger partial charge in [0.1, 0.15) is 0 Å². The maximum absolute atomic E-state index is 3.85. The number of nitrogens with zero attached hydrogens (tertiary/aromatic N) is 3. The van der Waals surface area contributed by atoms with Crippen molar-refractivity contribution in [2.24, 2.45) is 5.92 Å². The maximum Gasteiger partial charge on any atom is 0.184 e. The van der Waals surface area contributed by atoms with Crippen LogP contribution in [0.4, 0.5) is 0 Å². The fraction of sp³-hybridized carbons (Fsp3) is 0.833. The molecule has 0 spiro atoms. The lowest BCUT2D eigenvalue weighted by atomic mass is 10.3. The summed E-state index contributed by atoms with van der Waals surface area (Å²) in [6, 6.07) is 0. The van der Waals surface area contributed by atoms with Gasteiger partial charge in [-0.3, -0.25) is 0 Å². The van der Waals surface area contributed by atoms with E-state index in [-0.39, 0.29) is 0 Å². The van der Waals surface area contributed by atoms with Crippen LogP contribution in [0.3, 0.4) is 0 Å². The summed E-state index contributed by atoms with van der Waals surface area (Å²) in [6.45, 7) is 4.40. The molecular formula is C6H12N4S. The van der Waals surface area contributed by atoms with Crippen molar-refractivity contribution in [2.45, 2.75) is 19.6 Å². The smallest absolute Gasteiger partial charge is 0.177 e. The molecule has 0 aliphatic rings. The van der Waals surface area contributed by atoms with Crippen LogP contribution in [0, 0.1) is 5.92 Å². The molecule has 0 aromatic carbocycles. The quantitative estimate of drug-likeness (QED) is 0.738. The van der Waals surface area contributed by atoms with Gasteiger partial charge >= 0.3 is 0 Å². The molecule has 1 N–H and O–H groups in total. The van der Waals surface area contributed by atoms with Gasteiger partial charge in [-0.2, -0.15) is 17.0 Å². The van der Waals surface area contributed by atoms with Crippen molar-refractivity contribution in [1.82, 2.24) is 20.6 Å². The topological polar surface area (TPSA) is 54.5 Å². The van der Waals surface area contributed by atoms with Crippen LogP contribution < -0.4 is 0 Å². The molecule has 0 atom stereocenters. The van der Waals surface area contributed by atoms with Crippen LogP contribution in [-0.4, -0.2) is 26.4 Å². The SMILES string of the molecule is CC(C)CSCc1nn[nH]n1. The number of hydrogen-bond acceptors (Lipinski definition) is 4. The number of nitrogens with one attached hydrogen (secondary N) is 1. The summed E-state index contributed by atoms with van der Waals surface area (Å²) in [6.07, 6.45) is 0. The lowest BCUT2D eigenvalue weighted by Crippen LogP contribution is -1.92. The molecule has 1 heterocycles. The molecule has 0 fully saturated rings. The van der Waals surface area contributed by atoms with Gasteiger partial charge in [0, 0.05) is 0 Å². The third-order valence-electron chi connectivity index (χ3n) is 1.07. The standard InChI is InChI=1S/C6H12N4S/c1-5(2)3-11-4-6-7-9-10-8-6/h5H,3-4H2,1-2H3,(H,7,8,9,10). The third kappa shape index (κ3) is 3.36. The predicted molar refractivity (Wildman–Crippen MR) is 45.2 cm³/mol. The molecule has 0 aliphatic heterocycles. The van der Waals surface area contributed by atoms with Gasteiger partial charge in [0.15, 0.2) is 5.82 Å². The van der Waals surface area contributed by atoms with E-state index in [9.17, 15) is 0 Å². The first-order valence-electron chi connectivity index (χ1n) is 3.59. The van der Waals surface area contributed by atoms with E-state index in [1.165, 1.54) is 0 Å². The largest absolute Gasteiger partial charge is 0.184 e. The Morgan fingerprint density at radius 1 is 1.55 bits per heavy atom. The van der Waals surface area contributed by atoms with E-state index in [1.807, 2.05) is 11.8 Å². The summed E-state index contributed by atoms with van der Waals surface area (Å²) < 4.78 is 0. The van der Waals surface area contributed by atoms with Crippen LogP contribution in [0.15, 0.2) is 0 Å². The molecule has 0 aliphatic carbocycles. The van der Waals surface area contributed by atoms with Crippen LogP contribution in [0.2, 0.25) is 0 Å². The summed E-state index contributed by atoms with van der Waals surface area (Å²) in [7, 11) is 0. The molecule has 11 heavy (non-hydrogen) atoms. The average Bonchev–Trinajstić information content (AvgIpc) is 2.39. The Morgan fingerprint density at radius 2 is 2.36 bits per heavy atom. The van der Waals surface area contributed by atoms with E-state index in [0.29, 0.717) is 0 Å². The summed E-state index contributed by atoms with van der Waals surface area (Å²) in [5.41, 5.74) is 0. The minimum Gasteiger partial charge on any atom is -0.177 e. The van der Waals surface area contributed by atoms with E-state index in [1.54, 1.807) is 0 Å². The highest BCUT2D eigenvalue weighted by atomic mass is 32.2. The summed E-state index contributed by atoms with van der Waals surface area (Å²) in [5, 5.41) is 13.6. The number of H-pyrrole nitrogens is 1.